The molecule has 4 saturated carbocycles. The van der Waals surface area contributed by atoms with Crippen molar-refractivity contribution in [3.05, 3.63) is 46.8 Å². The molecule has 4 aliphatic carbocycles. The third kappa shape index (κ3) is 5.49. The number of thiophene rings is 1. The maximum absolute atomic E-state index is 9.55. The molecule has 1 aliphatic heterocycles. The molecule has 3 heterocycles. The van der Waals surface area contributed by atoms with Crippen molar-refractivity contribution in [2.75, 3.05) is 38.1 Å². The number of carboxylic acid groups (broad SMARTS) is 2. The van der Waals surface area contributed by atoms with Crippen LogP contribution in [0.2, 0.25) is 0 Å². The maximum Gasteiger partial charge on any atom is 0.328 e. The Balaban J connectivity index is 0.000000292. The van der Waals surface area contributed by atoms with Crippen molar-refractivity contribution >= 4 is 29.1 Å². The summed E-state index contributed by atoms with van der Waals surface area (Å²) < 4.78 is 0. The number of aliphatic carboxylic acids is 2. The number of anilines is 1. The molecule has 0 unspecified atom stereocenters. The molecule has 7 nitrogen and oxygen atoms in total. The Morgan fingerprint density at radius 2 is 1.53 bits per heavy atom. The second-order valence-electron chi connectivity index (χ2n) is 11.1. The molecule has 2 aromatic heterocycles. The summed E-state index contributed by atoms with van der Waals surface area (Å²) in [6.07, 6.45) is 9.77. The standard InChI is InChI=1S/C24H31N3S.C4H4O4/c1-26-3-5-27(6-4-26)23-12-21(20-2-7-28-16-20)11-22(25-23)24-13-17-8-18(14-24)10-19(9-17)15-24;5-3(6)1-2-4(7)8/h2,7,11-12,16-19H,3-6,8-10,13-15H2,1H3;1-2H,(H,5,6)(H,7,8)/b;2-1+. The van der Waals surface area contributed by atoms with Crippen LogP contribution in [0.25, 0.3) is 11.1 Å². The van der Waals surface area contributed by atoms with E-state index in [9.17, 15) is 9.59 Å². The van der Waals surface area contributed by atoms with Gasteiger partial charge in [-0.1, -0.05) is 0 Å². The van der Waals surface area contributed by atoms with Crippen molar-refractivity contribution < 1.29 is 19.8 Å². The van der Waals surface area contributed by atoms with Gasteiger partial charge < -0.3 is 20.0 Å². The van der Waals surface area contributed by atoms with E-state index in [0.717, 1.165) is 43.9 Å². The van der Waals surface area contributed by atoms with Crippen LogP contribution in [0.4, 0.5) is 5.82 Å². The number of hydrogen-bond acceptors (Lipinski definition) is 6. The number of aromatic nitrogens is 1. The highest BCUT2D eigenvalue weighted by Gasteiger charge is 2.52. The van der Waals surface area contributed by atoms with E-state index in [4.69, 9.17) is 15.2 Å². The third-order valence-corrected chi connectivity index (χ3v) is 9.13. The molecule has 2 N–H and O–H groups in total. The van der Waals surface area contributed by atoms with Gasteiger partial charge in [0.1, 0.15) is 5.82 Å². The average molecular weight is 510 g/mol. The Kier molecular flexibility index (Phi) is 7.17. The fourth-order valence-corrected chi connectivity index (χ4v) is 7.81. The summed E-state index contributed by atoms with van der Waals surface area (Å²) in [7, 11) is 2.23. The van der Waals surface area contributed by atoms with Crippen LogP contribution in [0.5, 0.6) is 0 Å². The second-order valence-corrected chi connectivity index (χ2v) is 11.9. The summed E-state index contributed by atoms with van der Waals surface area (Å²) in [6, 6.07) is 7.10. The Hall–Kier alpha value is -2.71. The van der Waals surface area contributed by atoms with Gasteiger partial charge in [0.25, 0.3) is 0 Å². The first-order chi connectivity index (χ1) is 17.3. The molecule has 5 aliphatic rings. The Morgan fingerprint density at radius 3 is 2.03 bits per heavy atom. The molecule has 2 aromatic rings. The van der Waals surface area contributed by atoms with Crippen LogP contribution >= 0.6 is 11.3 Å². The molecule has 7 rings (SSSR count). The summed E-state index contributed by atoms with van der Waals surface area (Å²) in [5.74, 6) is 1.60. The number of likely N-dealkylation sites (N-methyl/N-ethyl adjacent to an activating group) is 1. The molecule has 0 aromatic carbocycles. The van der Waals surface area contributed by atoms with E-state index in [1.54, 1.807) is 11.3 Å². The number of rotatable bonds is 5. The topological polar surface area (TPSA) is 94.0 Å². The van der Waals surface area contributed by atoms with E-state index >= 15 is 0 Å². The van der Waals surface area contributed by atoms with Gasteiger partial charge in [0, 0.05) is 49.4 Å². The lowest BCUT2D eigenvalue weighted by Gasteiger charge is -2.56. The van der Waals surface area contributed by atoms with Gasteiger partial charge in [-0.3, -0.25) is 0 Å². The quantitative estimate of drug-likeness (QED) is 0.562. The summed E-state index contributed by atoms with van der Waals surface area (Å²) >= 11 is 1.80. The van der Waals surface area contributed by atoms with E-state index in [2.05, 4.69) is 45.8 Å². The fourth-order valence-electron chi connectivity index (χ4n) is 7.15. The number of pyridine rings is 1. The summed E-state index contributed by atoms with van der Waals surface area (Å²) in [4.78, 5) is 29.5. The minimum atomic E-state index is -1.26. The predicted octanol–water partition coefficient (Wildman–Crippen LogP) is 4.74. The van der Waals surface area contributed by atoms with Crippen molar-refractivity contribution in [2.24, 2.45) is 17.8 Å². The number of nitrogens with zero attached hydrogens (tertiary/aromatic N) is 3. The van der Waals surface area contributed by atoms with Crippen LogP contribution in [-0.4, -0.2) is 65.3 Å². The first-order valence-electron chi connectivity index (χ1n) is 12.9. The SMILES string of the molecule is CN1CCN(c2cc(-c3ccsc3)cc(C34CC5CC(CC(C5)C3)C4)n2)CC1.O=C(O)/C=C/C(=O)O. The van der Waals surface area contributed by atoms with Crippen LogP contribution in [0.3, 0.4) is 0 Å². The fraction of sp³-hybridized carbons (Fsp3) is 0.536. The zero-order chi connectivity index (χ0) is 25.3. The van der Waals surface area contributed by atoms with Crippen LogP contribution in [0.15, 0.2) is 41.1 Å². The van der Waals surface area contributed by atoms with Gasteiger partial charge >= 0.3 is 11.9 Å². The molecule has 36 heavy (non-hydrogen) atoms. The van der Waals surface area contributed by atoms with Crippen molar-refractivity contribution in [3.8, 4) is 11.1 Å². The number of hydrogen-bond donors (Lipinski definition) is 2. The first kappa shape index (κ1) is 25.0. The first-order valence-corrected chi connectivity index (χ1v) is 13.9. The van der Waals surface area contributed by atoms with Gasteiger partial charge in [0.15, 0.2) is 0 Å². The summed E-state index contributed by atoms with van der Waals surface area (Å²) in [6.45, 7) is 4.46. The normalized spacial score (nSPS) is 29.2. The molecular weight excluding hydrogens is 474 g/mol. The highest BCUT2D eigenvalue weighted by molar-refractivity contribution is 7.08. The van der Waals surface area contributed by atoms with Crippen molar-refractivity contribution in [1.82, 2.24) is 9.88 Å². The zero-order valence-corrected chi connectivity index (χ0v) is 21.6. The van der Waals surface area contributed by atoms with E-state index in [1.165, 1.54) is 61.2 Å². The summed E-state index contributed by atoms with van der Waals surface area (Å²) in [5, 5.41) is 20.1. The highest BCUT2D eigenvalue weighted by atomic mass is 32.1. The smallest absolute Gasteiger partial charge is 0.328 e. The van der Waals surface area contributed by atoms with Crippen LogP contribution in [-0.2, 0) is 15.0 Å². The largest absolute Gasteiger partial charge is 0.478 e. The molecule has 8 heteroatoms. The van der Waals surface area contributed by atoms with Crippen LogP contribution in [0.1, 0.15) is 44.2 Å². The Labute approximate surface area is 216 Å². The summed E-state index contributed by atoms with van der Waals surface area (Å²) in [5.41, 5.74) is 4.54. The van der Waals surface area contributed by atoms with Gasteiger partial charge in [-0.15, -0.1) is 0 Å². The van der Waals surface area contributed by atoms with Crippen molar-refractivity contribution in [1.29, 1.82) is 0 Å². The van der Waals surface area contributed by atoms with Gasteiger partial charge in [-0.2, -0.15) is 11.3 Å². The van der Waals surface area contributed by atoms with Crippen molar-refractivity contribution in [3.63, 3.8) is 0 Å². The maximum atomic E-state index is 9.55. The predicted molar refractivity (Wildman–Crippen MR) is 142 cm³/mol. The Bertz CT molecular complexity index is 1070. The average Bonchev–Trinajstić information content (AvgIpc) is 3.38. The minimum absolute atomic E-state index is 0.363. The molecule has 5 fully saturated rings. The van der Waals surface area contributed by atoms with Crippen molar-refractivity contribution in [2.45, 2.75) is 43.9 Å². The lowest BCUT2D eigenvalue weighted by molar-refractivity contribution is -0.134. The third-order valence-electron chi connectivity index (χ3n) is 8.44. The second kappa shape index (κ2) is 10.3. The lowest BCUT2D eigenvalue weighted by atomic mass is 9.48. The van der Waals surface area contributed by atoms with E-state index in [-0.39, 0.29) is 0 Å². The molecular formula is C28H35N3O4S. The molecule has 192 valence electrons. The number of carbonyl (C=O) groups is 2. The van der Waals surface area contributed by atoms with E-state index < -0.39 is 11.9 Å². The van der Waals surface area contributed by atoms with Crippen LogP contribution in [0, 0.1) is 17.8 Å². The Morgan fingerprint density at radius 1 is 0.944 bits per heavy atom. The van der Waals surface area contributed by atoms with Gasteiger partial charge in [0.05, 0.1) is 0 Å². The minimum Gasteiger partial charge on any atom is -0.478 e. The monoisotopic (exact) mass is 509 g/mol. The molecule has 0 amide bonds. The molecule has 1 saturated heterocycles. The zero-order valence-electron chi connectivity index (χ0n) is 20.8. The highest BCUT2D eigenvalue weighted by Crippen LogP contribution is 2.60. The molecule has 0 spiro atoms. The van der Waals surface area contributed by atoms with Gasteiger partial charge in [-0.25, -0.2) is 14.6 Å². The molecule has 4 bridgehead atoms. The van der Waals surface area contributed by atoms with E-state index in [0.29, 0.717) is 17.6 Å². The molecule has 0 radical (unpaired) electrons. The number of carboxylic acids is 2. The lowest BCUT2D eigenvalue weighted by Crippen LogP contribution is -2.49. The van der Waals surface area contributed by atoms with E-state index in [1.807, 2.05) is 0 Å². The van der Waals surface area contributed by atoms with Gasteiger partial charge in [0.2, 0.25) is 0 Å². The van der Waals surface area contributed by atoms with Crippen LogP contribution < -0.4 is 4.90 Å². The number of piperazine rings is 1. The van der Waals surface area contributed by atoms with Gasteiger partial charge in [-0.05, 0) is 103 Å². The molecule has 0 atom stereocenters.